The lowest BCUT2D eigenvalue weighted by Crippen LogP contribution is -2.50. The molecule has 1 aliphatic carbocycles. The summed E-state index contributed by atoms with van der Waals surface area (Å²) < 4.78 is 1.96. The molecule has 7 heteroatoms. The van der Waals surface area contributed by atoms with Crippen LogP contribution < -0.4 is 10.6 Å². The number of fused-ring (bicyclic) bond motifs is 1. The van der Waals surface area contributed by atoms with E-state index in [1.54, 1.807) is 0 Å². The number of hydrogen-bond donors (Lipinski definition) is 3. The lowest BCUT2D eigenvalue weighted by Gasteiger charge is -2.22. The van der Waals surface area contributed by atoms with Crippen molar-refractivity contribution in [1.82, 2.24) is 20.4 Å². The molecular weight excluding hydrogens is 380 g/mol. The van der Waals surface area contributed by atoms with Gasteiger partial charge in [0, 0.05) is 25.1 Å². The molecule has 2 aromatic rings. The van der Waals surface area contributed by atoms with Crippen LogP contribution in [0, 0.1) is 11.8 Å². The van der Waals surface area contributed by atoms with Gasteiger partial charge < -0.3 is 15.7 Å². The highest BCUT2D eigenvalue weighted by Crippen LogP contribution is 2.27. The number of nitrogens with one attached hydrogen (secondary N) is 2. The van der Waals surface area contributed by atoms with E-state index in [1.807, 2.05) is 42.8 Å². The molecule has 0 unspecified atom stereocenters. The van der Waals surface area contributed by atoms with Gasteiger partial charge in [-0.15, -0.1) is 0 Å². The number of para-hydroxylation sites is 1. The Morgan fingerprint density at radius 2 is 1.93 bits per heavy atom. The SMILES string of the molecule is CC(C)[C@H](NC(=O)c1nn(CC2CCCCC2)c2ccccc12)C(=O)NCCCO. The highest BCUT2D eigenvalue weighted by Gasteiger charge is 2.27. The number of nitrogens with zero attached hydrogens (tertiary/aromatic N) is 2. The molecule has 1 saturated carbocycles. The highest BCUT2D eigenvalue weighted by molar-refractivity contribution is 6.06. The fraction of sp³-hybridized carbons (Fsp3) is 0.609. The van der Waals surface area contributed by atoms with Gasteiger partial charge in [-0.25, -0.2) is 0 Å². The summed E-state index contributed by atoms with van der Waals surface area (Å²) in [7, 11) is 0. The van der Waals surface area contributed by atoms with Crippen molar-refractivity contribution in [3.8, 4) is 0 Å². The summed E-state index contributed by atoms with van der Waals surface area (Å²) >= 11 is 0. The van der Waals surface area contributed by atoms with Crippen molar-refractivity contribution in [2.45, 2.75) is 65.0 Å². The summed E-state index contributed by atoms with van der Waals surface area (Å²) in [5, 5.41) is 20.1. The maximum absolute atomic E-state index is 13.1. The van der Waals surface area contributed by atoms with Crippen molar-refractivity contribution >= 4 is 22.7 Å². The molecule has 3 rings (SSSR count). The van der Waals surface area contributed by atoms with E-state index in [1.165, 1.54) is 32.1 Å². The van der Waals surface area contributed by atoms with Gasteiger partial charge in [0.25, 0.3) is 5.91 Å². The Kier molecular flexibility index (Phi) is 7.85. The molecule has 2 amide bonds. The summed E-state index contributed by atoms with van der Waals surface area (Å²) in [6.45, 7) is 5.02. The second-order valence-corrected chi connectivity index (χ2v) is 8.62. The molecule has 1 aromatic carbocycles. The third-order valence-electron chi connectivity index (χ3n) is 5.90. The Morgan fingerprint density at radius 1 is 1.20 bits per heavy atom. The van der Waals surface area contributed by atoms with Crippen LogP contribution in [0.25, 0.3) is 10.9 Å². The zero-order valence-electron chi connectivity index (χ0n) is 18.1. The molecule has 0 radical (unpaired) electrons. The molecule has 0 saturated heterocycles. The van der Waals surface area contributed by atoms with Gasteiger partial charge in [-0.2, -0.15) is 5.10 Å². The molecule has 0 spiro atoms. The molecular formula is C23H34N4O3. The Morgan fingerprint density at radius 3 is 2.63 bits per heavy atom. The minimum atomic E-state index is -0.654. The van der Waals surface area contributed by atoms with Crippen LogP contribution in [0.15, 0.2) is 24.3 Å². The molecule has 1 aliphatic rings. The second-order valence-electron chi connectivity index (χ2n) is 8.62. The average Bonchev–Trinajstić information content (AvgIpc) is 3.11. The average molecular weight is 415 g/mol. The zero-order chi connectivity index (χ0) is 21.5. The van der Waals surface area contributed by atoms with E-state index in [4.69, 9.17) is 5.11 Å². The number of rotatable bonds is 9. The number of benzene rings is 1. The van der Waals surface area contributed by atoms with Crippen molar-refractivity contribution < 1.29 is 14.7 Å². The third-order valence-corrected chi connectivity index (χ3v) is 5.90. The van der Waals surface area contributed by atoms with E-state index in [0.29, 0.717) is 24.6 Å². The van der Waals surface area contributed by atoms with Gasteiger partial charge in [0.2, 0.25) is 5.91 Å². The van der Waals surface area contributed by atoms with Gasteiger partial charge >= 0.3 is 0 Å². The first-order valence-electron chi connectivity index (χ1n) is 11.2. The maximum Gasteiger partial charge on any atom is 0.273 e. The summed E-state index contributed by atoms with van der Waals surface area (Å²) in [6, 6.07) is 7.14. The number of carbonyl (C=O) groups is 2. The second kappa shape index (κ2) is 10.6. The van der Waals surface area contributed by atoms with Crippen LogP contribution in [-0.4, -0.2) is 45.9 Å². The summed E-state index contributed by atoms with van der Waals surface area (Å²) in [5.74, 6) is -0.0420. The van der Waals surface area contributed by atoms with E-state index < -0.39 is 6.04 Å². The fourth-order valence-electron chi connectivity index (χ4n) is 4.19. The van der Waals surface area contributed by atoms with Crippen molar-refractivity contribution in [3.63, 3.8) is 0 Å². The van der Waals surface area contributed by atoms with E-state index >= 15 is 0 Å². The largest absolute Gasteiger partial charge is 0.396 e. The molecule has 7 nitrogen and oxygen atoms in total. The summed E-state index contributed by atoms with van der Waals surface area (Å²) in [5.41, 5.74) is 1.33. The van der Waals surface area contributed by atoms with Gasteiger partial charge in [-0.05, 0) is 37.2 Å². The number of aliphatic hydroxyl groups is 1. The van der Waals surface area contributed by atoms with Crippen LogP contribution in [0.5, 0.6) is 0 Å². The van der Waals surface area contributed by atoms with E-state index in [9.17, 15) is 9.59 Å². The van der Waals surface area contributed by atoms with Crippen LogP contribution in [0.4, 0.5) is 0 Å². The molecule has 3 N–H and O–H groups in total. The van der Waals surface area contributed by atoms with E-state index in [-0.39, 0.29) is 24.3 Å². The van der Waals surface area contributed by atoms with Gasteiger partial charge in [0.1, 0.15) is 6.04 Å². The Labute approximate surface area is 178 Å². The van der Waals surface area contributed by atoms with E-state index in [2.05, 4.69) is 15.7 Å². The first kappa shape index (κ1) is 22.3. The van der Waals surface area contributed by atoms with Crippen molar-refractivity contribution in [2.75, 3.05) is 13.2 Å². The quantitative estimate of drug-likeness (QED) is 0.550. The molecule has 30 heavy (non-hydrogen) atoms. The fourth-order valence-corrected chi connectivity index (χ4v) is 4.19. The van der Waals surface area contributed by atoms with E-state index in [0.717, 1.165) is 17.4 Å². The monoisotopic (exact) mass is 414 g/mol. The molecule has 1 atom stereocenters. The smallest absolute Gasteiger partial charge is 0.273 e. The van der Waals surface area contributed by atoms with Gasteiger partial charge in [0.15, 0.2) is 5.69 Å². The Bertz CT molecular complexity index is 855. The minimum absolute atomic E-state index is 0.0173. The number of carbonyl (C=O) groups excluding carboxylic acids is 2. The Hall–Kier alpha value is -2.41. The molecule has 1 fully saturated rings. The first-order chi connectivity index (χ1) is 14.5. The lowest BCUT2D eigenvalue weighted by atomic mass is 9.89. The zero-order valence-corrected chi connectivity index (χ0v) is 18.1. The number of hydrogen-bond acceptors (Lipinski definition) is 4. The minimum Gasteiger partial charge on any atom is -0.396 e. The van der Waals surface area contributed by atoms with Crippen LogP contribution in [-0.2, 0) is 11.3 Å². The highest BCUT2D eigenvalue weighted by atomic mass is 16.3. The van der Waals surface area contributed by atoms with Gasteiger partial charge in [-0.3, -0.25) is 14.3 Å². The number of amides is 2. The third kappa shape index (κ3) is 5.39. The Balaban J connectivity index is 1.78. The van der Waals surface area contributed by atoms with Crippen LogP contribution in [0.1, 0.15) is 62.9 Å². The topological polar surface area (TPSA) is 96.2 Å². The van der Waals surface area contributed by atoms with Crippen molar-refractivity contribution in [1.29, 1.82) is 0 Å². The van der Waals surface area contributed by atoms with Gasteiger partial charge in [-0.1, -0.05) is 51.3 Å². The van der Waals surface area contributed by atoms with Crippen LogP contribution >= 0.6 is 0 Å². The normalized spacial score (nSPS) is 16.0. The molecule has 0 bridgehead atoms. The summed E-state index contributed by atoms with van der Waals surface area (Å²) in [4.78, 5) is 25.6. The van der Waals surface area contributed by atoms with Crippen LogP contribution in [0.3, 0.4) is 0 Å². The molecule has 1 aromatic heterocycles. The lowest BCUT2D eigenvalue weighted by molar-refractivity contribution is -0.123. The maximum atomic E-state index is 13.1. The van der Waals surface area contributed by atoms with Crippen molar-refractivity contribution in [3.05, 3.63) is 30.0 Å². The predicted molar refractivity (Wildman–Crippen MR) is 117 cm³/mol. The molecule has 0 aliphatic heterocycles. The number of aliphatic hydroxyl groups excluding tert-OH is 1. The summed E-state index contributed by atoms with van der Waals surface area (Å²) in [6.07, 6.45) is 6.73. The van der Waals surface area contributed by atoms with Crippen molar-refractivity contribution in [2.24, 2.45) is 11.8 Å². The standard InChI is InChI=1S/C23H34N4O3/c1-16(2)20(22(29)24-13-8-14-28)25-23(30)21-18-11-6-7-12-19(18)27(26-21)15-17-9-4-3-5-10-17/h6-7,11-12,16-17,20,28H,3-5,8-10,13-15H2,1-2H3,(H,24,29)(H,25,30)/t20-/m0/s1. The molecule has 1 heterocycles. The predicted octanol–water partition coefficient (Wildman–Crippen LogP) is 2.87. The number of aromatic nitrogens is 2. The van der Waals surface area contributed by atoms with Gasteiger partial charge in [0.05, 0.1) is 5.52 Å². The first-order valence-corrected chi connectivity index (χ1v) is 11.2. The van der Waals surface area contributed by atoms with Crippen LogP contribution in [0.2, 0.25) is 0 Å². The molecule has 164 valence electrons.